The van der Waals surface area contributed by atoms with Crippen molar-refractivity contribution in [2.75, 3.05) is 20.6 Å². The second kappa shape index (κ2) is 11.5. The maximum absolute atomic E-state index is 13.4. The number of halogens is 1. The van der Waals surface area contributed by atoms with Crippen LogP contribution in [0.25, 0.3) is 0 Å². The third-order valence-corrected chi connectivity index (χ3v) is 4.65. The Morgan fingerprint density at radius 3 is 2.72 bits per heavy atom. The van der Waals surface area contributed by atoms with Crippen molar-refractivity contribution in [3.05, 3.63) is 89.4 Å². The fourth-order valence-corrected chi connectivity index (χ4v) is 3.03. The molecule has 3 N–H and O–H groups in total. The van der Waals surface area contributed by atoms with Gasteiger partial charge in [-0.25, -0.2) is 9.37 Å². The second-order valence-corrected chi connectivity index (χ2v) is 6.91. The molecule has 0 fully saturated rings. The molecular formula is C24H26FN5O2. The van der Waals surface area contributed by atoms with Crippen molar-refractivity contribution in [3.8, 4) is 11.6 Å². The lowest BCUT2D eigenvalue weighted by Gasteiger charge is -2.14. The molecule has 0 saturated carbocycles. The van der Waals surface area contributed by atoms with Crippen LogP contribution in [0.2, 0.25) is 0 Å². The van der Waals surface area contributed by atoms with Crippen molar-refractivity contribution in [3.63, 3.8) is 0 Å². The first-order valence-electron chi connectivity index (χ1n) is 10.2. The topological polar surface area (TPSA) is 87.6 Å². The van der Waals surface area contributed by atoms with Crippen LogP contribution in [0.4, 0.5) is 4.39 Å². The van der Waals surface area contributed by atoms with Gasteiger partial charge in [-0.3, -0.25) is 9.79 Å². The van der Waals surface area contributed by atoms with E-state index in [0.717, 1.165) is 17.5 Å². The Morgan fingerprint density at radius 1 is 1.09 bits per heavy atom. The minimum Gasteiger partial charge on any atom is -0.439 e. The molecule has 1 aromatic heterocycles. The zero-order valence-corrected chi connectivity index (χ0v) is 18.1. The predicted octanol–water partition coefficient (Wildman–Crippen LogP) is 3.28. The van der Waals surface area contributed by atoms with Crippen molar-refractivity contribution in [2.45, 2.75) is 13.0 Å². The molecule has 0 spiro atoms. The molecule has 1 heterocycles. The second-order valence-electron chi connectivity index (χ2n) is 6.91. The predicted molar refractivity (Wildman–Crippen MR) is 122 cm³/mol. The zero-order valence-electron chi connectivity index (χ0n) is 18.1. The number of hydrogen-bond acceptors (Lipinski definition) is 4. The van der Waals surface area contributed by atoms with Crippen molar-refractivity contribution in [2.24, 2.45) is 4.99 Å². The molecule has 0 saturated heterocycles. The first-order valence-corrected chi connectivity index (χ1v) is 10.2. The molecule has 2 aromatic carbocycles. The molecule has 3 rings (SSSR count). The number of nitrogens with zero attached hydrogens (tertiary/aromatic N) is 2. The highest BCUT2D eigenvalue weighted by atomic mass is 19.1. The average molecular weight is 436 g/mol. The third-order valence-electron chi connectivity index (χ3n) is 4.65. The Balaban J connectivity index is 1.54. The van der Waals surface area contributed by atoms with E-state index in [1.54, 1.807) is 38.5 Å². The molecule has 0 aliphatic carbocycles. The third kappa shape index (κ3) is 6.53. The summed E-state index contributed by atoms with van der Waals surface area (Å²) in [6.07, 6.45) is 2.35. The van der Waals surface area contributed by atoms with Gasteiger partial charge in [0.1, 0.15) is 11.6 Å². The van der Waals surface area contributed by atoms with E-state index < -0.39 is 0 Å². The molecule has 7 nitrogen and oxygen atoms in total. The molecule has 3 aromatic rings. The highest BCUT2D eigenvalue weighted by Gasteiger charge is 2.08. The number of ether oxygens (including phenoxy) is 1. The van der Waals surface area contributed by atoms with Crippen LogP contribution >= 0.6 is 0 Å². The van der Waals surface area contributed by atoms with Gasteiger partial charge in [0.15, 0.2) is 5.96 Å². The molecule has 0 aliphatic rings. The SMILES string of the molecule is CN=C(NCCc1cccc(C(=O)NC)c1)NCc1cccnc1Oc1cccc(F)c1. The normalized spacial score (nSPS) is 11.0. The molecule has 0 unspecified atom stereocenters. The van der Waals surface area contributed by atoms with Gasteiger partial charge in [0.2, 0.25) is 5.88 Å². The lowest BCUT2D eigenvalue weighted by atomic mass is 10.1. The summed E-state index contributed by atoms with van der Waals surface area (Å²) >= 11 is 0. The van der Waals surface area contributed by atoms with Gasteiger partial charge in [-0.1, -0.05) is 24.3 Å². The van der Waals surface area contributed by atoms with E-state index in [1.807, 2.05) is 30.3 Å². The maximum Gasteiger partial charge on any atom is 0.251 e. The van der Waals surface area contributed by atoms with Gasteiger partial charge in [-0.2, -0.15) is 0 Å². The quantitative estimate of drug-likeness (QED) is 0.373. The van der Waals surface area contributed by atoms with Gasteiger partial charge < -0.3 is 20.7 Å². The molecular weight excluding hydrogens is 409 g/mol. The number of carbonyl (C=O) groups is 1. The summed E-state index contributed by atoms with van der Waals surface area (Å²) in [4.78, 5) is 20.3. The van der Waals surface area contributed by atoms with Crippen LogP contribution in [0, 0.1) is 5.82 Å². The highest BCUT2D eigenvalue weighted by molar-refractivity contribution is 5.94. The van der Waals surface area contributed by atoms with E-state index in [-0.39, 0.29) is 11.7 Å². The van der Waals surface area contributed by atoms with Gasteiger partial charge in [-0.15, -0.1) is 0 Å². The number of aromatic nitrogens is 1. The van der Waals surface area contributed by atoms with Crippen molar-refractivity contribution in [1.29, 1.82) is 0 Å². The Bertz CT molecular complexity index is 1090. The number of amides is 1. The Kier molecular flexibility index (Phi) is 8.14. The summed E-state index contributed by atoms with van der Waals surface area (Å²) < 4.78 is 19.2. The van der Waals surface area contributed by atoms with Crippen LogP contribution < -0.4 is 20.7 Å². The standard InChI is InChI=1S/C24H26FN5O2/c1-26-22(31)18-7-3-6-17(14-18)11-13-29-24(27-2)30-16-19-8-5-12-28-23(19)32-21-10-4-9-20(25)15-21/h3-10,12,14-15H,11,13,16H2,1-2H3,(H,26,31)(H2,27,29,30). The summed E-state index contributed by atoms with van der Waals surface area (Å²) in [6, 6.07) is 17.1. The largest absolute Gasteiger partial charge is 0.439 e. The molecule has 0 aliphatic heterocycles. The highest BCUT2D eigenvalue weighted by Crippen LogP contribution is 2.23. The van der Waals surface area contributed by atoms with Crippen LogP contribution in [-0.4, -0.2) is 37.5 Å². The molecule has 166 valence electrons. The van der Waals surface area contributed by atoms with E-state index in [4.69, 9.17) is 4.74 Å². The zero-order chi connectivity index (χ0) is 22.8. The van der Waals surface area contributed by atoms with Crippen molar-refractivity contribution in [1.82, 2.24) is 20.9 Å². The number of nitrogens with one attached hydrogen (secondary N) is 3. The number of benzene rings is 2. The van der Waals surface area contributed by atoms with E-state index >= 15 is 0 Å². The lowest BCUT2D eigenvalue weighted by Crippen LogP contribution is -2.38. The Labute approximate surface area is 186 Å². The fraction of sp³-hybridized carbons (Fsp3) is 0.208. The van der Waals surface area contributed by atoms with Gasteiger partial charge in [0.05, 0.1) is 0 Å². The average Bonchev–Trinajstić information content (AvgIpc) is 2.82. The van der Waals surface area contributed by atoms with E-state index in [0.29, 0.717) is 36.2 Å². The number of hydrogen-bond donors (Lipinski definition) is 3. The molecule has 0 radical (unpaired) electrons. The van der Waals surface area contributed by atoms with Crippen molar-refractivity contribution < 1.29 is 13.9 Å². The first-order chi connectivity index (χ1) is 15.6. The minimum absolute atomic E-state index is 0.106. The number of rotatable bonds is 8. The van der Waals surface area contributed by atoms with Gasteiger partial charge in [0, 0.05) is 50.6 Å². The smallest absolute Gasteiger partial charge is 0.251 e. The summed E-state index contributed by atoms with van der Waals surface area (Å²) in [7, 11) is 3.30. The summed E-state index contributed by atoms with van der Waals surface area (Å²) in [5.41, 5.74) is 2.49. The van der Waals surface area contributed by atoms with Gasteiger partial charge >= 0.3 is 0 Å². The first kappa shape index (κ1) is 22.7. The van der Waals surface area contributed by atoms with Crippen LogP contribution in [0.1, 0.15) is 21.5 Å². The van der Waals surface area contributed by atoms with E-state index in [1.165, 1.54) is 12.1 Å². The lowest BCUT2D eigenvalue weighted by molar-refractivity contribution is 0.0963. The summed E-state index contributed by atoms with van der Waals surface area (Å²) in [5, 5.41) is 9.11. The number of guanidine groups is 1. The maximum atomic E-state index is 13.4. The van der Waals surface area contributed by atoms with Gasteiger partial charge in [0.25, 0.3) is 5.91 Å². The summed E-state index contributed by atoms with van der Waals surface area (Å²) in [5.74, 6) is 0.917. The minimum atomic E-state index is -0.372. The fourth-order valence-electron chi connectivity index (χ4n) is 3.03. The van der Waals surface area contributed by atoms with E-state index in [2.05, 4.69) is 25.9 Å². The molecule has 0 atom stereocenters. The molecule has 32 heavy (non-hydrogen) atoms. The molecule has 1 amide bonds. The molecule has 0 bridgehead atoms. The summed E-state index contributed by atoms with van der Waals surface area (Å²) in [6.45, 7) is 1.06. The molecule has 8 heteroatoms. The van der Waals surface area contributed by atoms with Crippen LogP contribution in [0.5, 0.6) is 11.6 Å². The number of carbonyl (C=O) groups excluding carboxylic acids is 1. The Morgan fingerprint density at radius 2 is 1.94 bits per heavy atom. The monoisotopic (exact) mass is 435 g/mol. The van der Waals surface area contributed by atoms with Crippen LogP contribution in [-0.2, 0) is 13.0 Å². The number of aliphatic imine (C=N–C) groups is 1. The van der Waals surface area contributed by atoms with Crippen LogP contribution in [0.15, 0.2) is 71.9 Å². The number of pyridine rings is 1. The van der Waals surface area contributed by atoms with Crippen LogP contribution in [0.3, 0.4) is 0 Å². The van der Waals surface area contributed by atoms with E-state index in [9.17, 15) is 9.18 Å². The van der Waals surface area contributed by atoms with Crippen molar-refractivity contribution >= 4 is 11.9 Å². The van der Waals surface area contributed by atoms with Gasteiger partial charge in [-0.05, 0) is 42.3 Å². The Hall–Kier alpha value is -3.94.